The van der Waals surface area contributed by atoms with E-state index in [0.717, 1.165) is 53.8 Å². The Hall–Kier alpha value is -2.74. The summed E-state index contributed by atoms with van der Waals surface area (Å²) in [6.45, 7) is 1.91. The molecule has 1 saturated heterocycles. The molecule has 8 heteroatoms. The van der Waals surface area contributed by atoms with Gasteiger partial charge in [-0.3, -0.25) is 14.5 Å². The molecule has 2 heterocycles. The van der Waals surface area contributed by atoms with E-state index in [1.54, 1.807) is 0 Å². The molecule has 2 N–H and O–H groups in total. The van der Waals surface area contributed by atoms with Crippen molar-refractivity contribution < 1.29 is 14.4 Å². The maximum atomic E-state index is 13.3. The number of nitrogens with one attached hydrogen (secondary N) is 2. The highest BCUT2D eigenvalue weighted by Gasteiger charge is 2.54. The molecular formula is C22H24N4O3S. The van der Waals surface area contributed by atoms with E-state index in [-0.39, 0.29) is 12.5 Å². The molecule has 0 unspecified atom stereocenters. The number of imide groups is 1. The van der Waals surface area contributed by atoms with Crippen molar-refractivity contribution in [2.75, 3.05) is 11.9 Å². The lowest BCUT2D eigenvalue weighted by molar-refractivity contribution is -0.134. The molecule has 3 aliphatic rings. The second-order valence-corrected chi connectivity index (χ2v) is 9.61. The van der Waals surface area contributed by atoms with Gasteiger partial charge < -0.3 is 10.6 Å². The number of carbonyl (C=O) groups is 3. The van der Waals surface area contributed by atoms with Gasteiger partial charge in [0.05, 0.1) is 5.69 Å². The number of urea groups is 1. The van der Waals surface area contributed by atoms with E-state index in [1.165, 1.54) is 16.2 Å². The second-order valence-electron chi connectivity index (χ2n) is 8.52. The molecule has 2 aromatic rings. The van der Waals surface area contributed by atoms with Gasteiger partial charge in [-0.1, -0.05) is 31.2 Å². The first-order chi connectivity index (χ1) is 14.5. The van der Waals surface area contributed by atoms with Gasteiger partial charge in [0.15, 0.2) is 5.13 Å². The molecule has 5 rings (SSSR count). The third-order valence-corrected chi connectivity index (χ3v) is 7.42. The largest absolute Gasteiger partial charge is 0.325 e. The van der Waals surface area contributed by atoms with Crippen LogP contribution in [0.25, 0.3) is 0 Å². The smallest absolute Gasteiger partial charge is 0.319 e. The van der Waals surface area contributed by atoms with Crippen molar-refractivity contribution in [1.82, 2.24) is 15.2 Å². The highest BCUT2D eigenvalue weighted by molar-refractivity contribution is 7.15. The Balaban J connectivity index is 1.32. The molecule has 1 aromatic carbocycles. The number of thiazole rings is 1. The average Bonchev–Trinajstić information content (AvgIpc) is 3.22. The van der Waals surface area contributed by atoms with Crippen LogP contribution in [0.3, 0.4) is 0 Å². The molecule has 1 aromatic heterocycles. The molecule has 1 fully saturated rings. The summed E-state index contributed by atoms with van der Waals surface area (Å²) in [5.41, 5.74) is 1.93. The van der Waals surface area contributed by atoms with E-state index in [9.17, 15) is 14.4 Å². The Morgan fingerprint density at radius 3 is 3.03 bits per heavy atom. The van der Waals surface area contributed by atoms with Gasteiger partial charge in [-0.2, -0.15) is 0 Å². The van der Waals surface area contributed by atoms with Gasteiger partial charge >= 0.3 is 6.03 Å². The van der Waals surface area contributed by atoms with Crippen LogP contribution in [0.15, 0.2) is 24.3 Å². The van der Waals surface area contributed by atoms with E-state index in [4.69, 9.17) is 0 Å². The summed E-state index contributed by atoms with van der Waals surface area (Å²) in [4.78, 5) is 45.4. The van der Waals surface area contributed by atoms with Crippen LogP contribution in [0.1, 0.15) is 47.9 Å². The molecule has 2 atom stereocenters. The van der Waals surface area contributed by atoms with Crippen LogP contribution >= 0.6 is 11.3 Å². The van der Waals surface area contributed by atoms with Crippen molar-refractivity contribution in [3.8, 4) is 0 Å². The number of benzene rings is 1. The fourth-order valence-corrected chi connectivity index (χ4v) is 6.04. The Morgan fingerprint density at radius 1 is 1.33 bits per heavy atom. The van der Waals surface area contributed by atoms with Crippen LogP contribution in [0.4, 0.5) is 9.93 Å². The molecule has 7 nitrogen and oxygen atoms in total. The van der Waals surface area contributed by atoms with Gasteiger partial charge in [-0.05, 0) is 55.6 Å². The van der Waals surface area contributed by atoms with Crippen LogP contribution < -0.4 is 10.6 Å². The minimum Gasteiger partial charge on any atom is -0.319 e. The number of hydrogen-bond acceptors (Lipinski definition) is 5. The Labute approximate surface area is 178 Å². The molecule has 2 aliphatic carbocycles. The summed E-state index contributed by atoms with van der Waals surface area (Å²) in [5.74, 6) is -0.122. The molecule has 156 valence electrons. The van der Waals surface area contributed by atoms with E-state index in [1.807, 2.05) is 24.3 Å². The predicted molar refractivity (Wildman–Crippen MR) is 113 cm³/mol. The first-order valence-corrected chi connectivity index (χ1v) is 11.3. The van der Waals surface area contributed by atoms with Crippen LogP contribution in [-0.4, -0.2) is 34.3 Å². The zero-order chi connectivity index (χ0) is 20.9. The highest BCUT2D eigenvalue weighted by Crippen LogP contribution is 2.40. The second kappa shape index (κ2) is 7.19. The number of nitrogens with zero attached hydrogens (tertiary/aromatic N) is 2. The van der Waals surface area contributed by atoms with Gasteiger partial charge in [-0.15, -0.1) is 11.3 Å². The molecule has 4 amide bonds. The predicted octanol–water partition coefficient (Wildman–Crippen LogP) is 2.99. The van der Waals surface area contributed by atoms with Crippen molar-refractivity contribution in [3.05, 3.63) is 46.0 Å². The summed E-state index contributed by atoms with van der Waals surface area (Å²) in [6.07, 6.45) is 5.26. The van der Waals surface area contributed by atoms with E-state index in [2.05, 4.69) is 22.5 Å². The van der Waals surface area contributed by atoms with Gasteiger partial charge in [0.2, 0.25) is 5.91 Å². The lowest BCUT2D eigenvalue weighted by atomic mass is 9.76. The third-order valence-electron chi connectivity index (χ3n) is 6.38. The van der Waals surface area contributed by atoms with Crippen molar-refractivity contribution in [3.63, 3.8) is 0 Å². The summed E-state index contributed by atoms with van der Waals surface area (Å²) < 4.78 is 0. The van der Waals surface area contributed by atoms with Crippen LogP contribution in [0.5, 0.6) is 0 Å². The summed E-state index contributed by atoms with van der Waals surface area (Å²) in [5, 5.41) is 6.22. The van der Waals surface area contributed by atoms with Crippen LogP contribution in [0.2, 0.25) is 0 Å². The van der Waals surface area contributed by atoms with Crippen molar-refractivity contribution in [2.45, 2.75) is 51.0 Å². The highest BCUT2D eigenvalue weighted by atomic mass is 32.1. The first-order valence-electron chi connectivity index (χ1n) is 10.5. The third kappa shape index (κ3) is 3.10. The Bertz CT molecular complexity index is 1050. The number of aromatic nitrogens is 1. The standard InChI is InChI=1S/C22H24N4O3S/c1-13-8-9-16-17(11-13)30-20(23-16)24-18(27)12-26-19(28)22(25-21(26)29)10-4-6-14-5-2-3-7-15(14)22/h2-3,5,7,13H,4,6,8-12H2,1H3,(H,25,29)(H,23,24,27)/t13-,22-/m0/s1. The number of anilines is 1. The number of aryl methyl sites for hydroxylation is 2. The van der Waals surface area contributed by atoms with Crippen molar-refractivity contribution in [2.24, 2.45) is 5.92 Å². The zero-order valence-corrected chi connectivity index (χ0v) is 17.7. The fraction of sp³-hybridized carbons (Fsp3) is 0.455. The lowest BCUT2D eigenvalue weighted by Crippen LogP contribution is -2.47. The van der Waals surface area contributed by atoms with Gasteiger partial charge in [0.25, 0.3) is 5.91 Å². The zero-order valence-electron chi connectivity index (χ0n) is 16.9. The van der Waals surface area contributed by atoms with Crippen molar-refractivity contribution in [1.29, 1.82) is 0 Å². The Morgan fingerprint density at radius 2 is 2.17 bits per heavy atom. The van der Waals surface area contributed by atoms with Gasteiger partial charge in [0, 0.05) is 4.88 Å². The van der Waals surface area contributed by atoms with E-state index in [0.29, 0.717) is 17.5 Å². The van der Waals surface area contributed by atoms with Gasteiger partial charge in [0.1, 0.15) is 12.1 Å². The van der Waals surface area contributed by atoms with E-state index >= 15 is 0 Å². The summed E-state index contributed by atoms with van der Waals surface area (Å²) in [6, 6.07) is 7.21. The summed E-state index contributed by atoms with van der Waals surface area (Å²) in [7, 11) is 0. The van der Waals surface area contributed by atoms with Crippen LogP contribution in [0, 0.1) is 5.92 Å². The van der Waals surface area contributed by atoms with Crippen LogP contribution in [-0.2, 0) is 34.4 Å². The number of amides is 4. The molecule has 1 aliphatic heterocycles. The fourth-order valence-electron chi connectivity index (χ4n) is 4.85. The minimum absolute atomic E-state index is 0.310. The average molecular weight is 425 g/mol. The molecule has 0 radical (unpaired) electrons. The molecule has 1 spiro atoms. The monoisotopic (exact) mass is 424 g/mol. The van der Waals surface area contributed by atoms with Gasteiger partial charge in [-0.25, -0.2) is 9.78 Å². The molecule has 0 bridgehead atoms. The minimum atomic E-state index is -1.05. The molecule has 0 saturated carbocycles. The lowest BCUT2D eigenvalue weighted by Gasteiger charge is -2.33. The number of carbonyl (C=O) groups excluding carboxylic acids is 3. The SMILES string of the molecule is C[C@H]1CCc2nc(NC(=O)CN3C(=O)N[C@]4(CCCc5ccccc54)C3=O)sc2C1. The normalized spacial score (nSPS) is 25.1. The number of fused-ring (bicyclic) bond motifs is 3. The van der Waals surface area contributed by atoms with E-state index < -0.39 is 17.5 Å². The maximum Gasteiger partial charge on any atom is 0.325 e. The topological polar surface area (TPSA) is 91.4 Å². The molecule has 30 heavy (non-hydrogen) atoms. The first kappa shape index (κ1) is 19.2. The maximum absolute atomic E-state index is 13.3. The number of rotatable bonds is 3. The number of hydrogen-bond donors (Lipinski definition) is 2. The summed E-state index contributed by atoms with van der Waals surface area (Å²) >= 11 is 1.49. The molecular weight excluding hydrogens is 400 g/mol. The Kier molecular flexibility index (Phi) is 4.61. The van der Waals surface area contributed by atoms with Crippen molar-refractivity contribution >= 4 is 34.3 Å². The quantitative estimate of drug-likeness (QED) is 0.741.